The largest absolute Gasteiger partial charge is 0.376 e. The predicted octanol–water partition coefficient (Wildman–Crippen LogP) is 3.29. The topological polar surface area (TPSA) is 67.0 Å². The summed E-state index contributed by atoms with van der Waals surface area (Å²) in [6, 6.07) is 10.4. The molecule has 1 atom stereocenters. The molecule has 2 heterocycles. The van der Waals surface area contributed by atoms with Crippen molar-refractivity contribution < 1.29 is 9.53 Å². The first kappa shape index (κ1) is 18.6. The number of nitrogens with zero attached hydrogens (tertiary/aromatic N) is 1. The number of carbonyl (C=O) groups is 1. The Morgan fingerprint density at radius 1 is 1.31 bits per heavy atom. The number of H-pyrrole nitrogens is 1. The van der Waals surface area contributed by atoms with Crippen LogP contribution in [0.5, 0.6) is 0 Å². The molecule has 0 spiro atoms. The van der Waals surface area contributed by atoms with Crippen molar-refractivity contribution in [1.29, 1.82) is 0 Å². The van der Waals surface area contributed by atoms with Crippen molar-refractivity contribution in [1.82, 2.24) is 15.5 Å². The molecule has 1 saturated heterocycles. The highest BCUT2D eigenvalue weighted by molar-refractivity contribution is 5.77. The highest BCUT2D eigenvalue weighted by Gasteiger charge is 2.44. The van der Waals surface area contributed by atoms with Gasteiger partial charge in [-0.1, -0.05) is 24.3 Å². The number of aromatic nitrogens is 2. The summed E-state index contributed by atoms with van der Waals surface area (Å²) in [5.74, 6) is 0.102. The maximum absolute atomic E-state index is 12.8. The number of hydrogen-bond donors (Lipinski definition) is 2. The van der Waals surface area contributed by atoms with Gasteiger partial charge in [-0.05, 0) is 50.8 Å². The second-order valence-electron chi connectivity index (χ2n) is 7.99. The third-order valence-corrected chi connectivity index (χ3v) is 5.33. The second kappa shape index (κ2) is 7.62. The maximum Gasteiger partial charge on any atom is 0.220 e. The maximum atomic E-state index is 12.8. The molecule has 26 heavy (non-hydrogen) atoms. The molecule has 0 aliphatic carbocycles. The Morgan fingerprint density at radius 2 is 2.12 bits per heavy atom. The van der Waals surface area contributed by atoms with Crippen LogP contribution in [0, 0.1) is 6.92 Å². The minimum atomic E-state index is -0.225. The number of rotatable bonds is 6. The molecule has 1 fully saturated rings. The van der Waals surface area contributed by atoms with E-state index in [0.717, 1.165) is 25.0 Å². The number of aromatic amines is 1. The van der Waals surface area contributed by atoms with Gasteiger partial charge in [-0.15, -0.1) is 0 Å². The fraction of sp³-hybridized carbons (Fsp3) is 0.524. The van der Waals surface area contributed by atoms with E-state index in [4.69, 9.17) is 4.74 Å². The first-order valence-corrected chi connectivity index (χ1v) is 9.35. The standard InChI is InChI=1S/C21H29N3O2/c1-16-6-4-5-7-18(16)21(10-13-26-20(2,3)15-21)14-19(25)22-11-8-17-9-12-23-24-17/h4-7,9,12H,8,10-11,13-15H2,1-3H3,(H,22,25)(H,23,24)/t21-/m0/s1. The molecule has 140 valence electrons. The number of aryl methyl sites for hydroxylation is 1. The molecule has 5 nitrogen and oxygen atoms in total. The van der Waals surface area contributed by atoms with Crippen LogP contribution < -0.4 is 5.32 Å². The Hall–Kier alpha value is -2.14. The fourth-order valence-electron chi connectivity index (χ4n) is 4.25. The number of amides is 1. The lowest BCUT2D eigenvalue weighted by Gasteiger charge is -2.45. The molecule has 0 bridgehead atoms. The van der Waals surface area contributed by atoms with Gasteiger partial charge in [-0.3, -0.25) is 9.89 Å². The molecule has 1 amide bonds. The Kier molecular flexibility index (Phi) is 5.47. The minimum Gasteiger partial charge on any atom is -0.376 e. The summed E-state index contributed by atoms with van der Waals surface area (Å²) in [5.41, 5.74) is 3.16. The van der Waals surface area contributed by atoms with E-state index in [0.29, 0.717) is 19.6 Å². The summed E-state index contributed by atoms with van der Waals surface area (Å²) in [7, 11) is 0. The Balaban J connectivity index is 1.73. The second-order valence-corrected chi connectivity index (χ2v) is 7.99. The van der Waals surface area contributed by atoms with E-state index in [2.05, 4.69) is 60.6 Å². The first-order chi connectivity index (χ1) is 12.4. The summed E-state index contributed by atoms with van der Waals surface area (Å²) in [6.07, 6.45) is 4.70. The van der Waals surface area contributed by atoms with Crippen molar-refractivity contribution >= 4 is 5.91 Å². The van der Waals surface area contributed by atoms with Crippen LogP contribution >= 0.6 is 0 Å². The summed E-state index contributed by atoms with van der Waals surface area (Å²) >= 11 is 0. The number of carbonyl (C=O) groups excluding carboxylic acids is 1. The zero-order valence-electron chi connectivity index (χ0n) is 16.0. The van der Waals surface area contributed by atoms with E-state index in [1.165, 1.54) is 11.1 Å². The zero-order chi connectivity index (χ0) is 18.6. The van der Waals surface area contributed by atoms with Gasteiger partial charge in [0.15, 0.2) is 0 Å². The van der Waals surface area contributed by atoms with Gasteiger partial charge in [0.1, 0.15) is 0 Å². The van der Waals surface area contributed by atoms with E-state index < -0.39 is 0 Å². The number of nitrogens with one attached hydrogen (secondary N) is 2. The van der Waals surface area contributed by atoms with E-state index in [1.807, 2.05) is 6.07 Å². The molecule has 1 aliphatic heterocycles. The molecule has 2 N–H and O–H groups in total. The highest BCUT2D eigenvalue weighted by Crippen LogP contribution is 2.45. The van der Waals surface area contributed by atoms with E-state index in [9.17, 15) is 4.79 Å². The van der Waals surface area contributed by atoms with Gasteiger partial charge in [-0.2, -0.15) is 5.10 Å². The third kappa shape index (κ3) is 4.33. The summed E-state index contributed by atoms with van der Waals surface area (Å²) < 4.78 is 5.95. The summed E-state index contributed by atoms with van der Waals surface area (Å²) in [6.45, 7) is 7.67. The average molecular weight is 355 g/mol. The molecule has 2 aromatic rings. The van der Waals surface area contributed by atoms with Crippen LogP contribution in [0.25, 0.3) is 0 Å². The van der Waals surface area contributed by atoms with Crippen molar-refractivity contribution in [3.05, 3.63) is 53.3 Å². The first-order valence-electron chi connectivity index (χ1n) is 9.35. The van der Waals surface area contributed by atoms with Crippen LogP contribution in [-0.4, -0.2) is 34.9 Å². The van der Waals surface area contributed by atoms with Crippen LogP contribution in [0.3, 0.4) is 0 Å². The zero-order valence-corrected chi connectivity index (χ0v) is 16.0. The van der Waals surface area contributed by atoms with Gasteiger partial charge in [0.2, 0.25) is 5.91 Å². The molecule has 5 heteroatoms. The lowest BCUT2D eigenvalue weighted by Crippen LogP contribution is -2.47. The molecular formula is C21H29N3O2. The minimum absolute atomic E-state index is 0.102. The van der Waals surface area contributed by atoms with E-state index in [1.54, 1.807) is 6.20 Å². The molecule has 0 unspecified atom stereocenters. The molecule has 0 radical (unpaired) electrons. The van der Waals surface area contributed by atoms with Crippen LogP contribution in [-0.2, 0) is 21.4 Å². The fourth-order valence-corrected chi connectivity index (χ4v) is 4.25. The van der Waals surface area contributed by atoms with Crippen molar-refractivity contribution in [3.8, 4) is 0 Å². The van der Waals surface area contributed by atoms with E-state index in [-0.39, 0.29) is 16.9 Å². The van der Waals surface area contributed by atoms with Gasteiger partial charge in [0.05, 0.1) is 5.60 Å². The normalized spacial score (nSPS) is 22.1. The van der Waals surface area contributed by atoms with Crippen LogP contribution in [0.1, 0.15) is 49.9 Å². The van der Waals surface area contributed by atoms with Crippen molar-refractivity contribution in [2.24, 2.45) is 0 Å². The lowest BCUT2D eigenvalue weighted by atomic mass is 9.66. The molecule has 3 rings (SSSR count). The van der Waals surface area contributed by atoms with E-state index >= 15 is 0 Å². The number of benzene rings is 1. The smallest absolute Gasteiger partial charge is 0.220 e. The Labute approximate surface area is 155 Å². The highest BCUT2D eigenvalue weighted by atomic mass is 16.5. The predicted molar refractivity (Wildman–Crippen MR) is 102 cm³/mol. The van der Waals surface area contributed by atoms with Crippen LogP contribution in [0.15, 0.2) is 36.5 Å². The van der Waals surface area contributed by atoms with Gasteiger partial charge < -0.3 is 10.1 Å². The summed E-state index contributed by atoms with van der Waals surface area (Å²) in [5, 5.41) is 9.95. The molecule has 0 saturated carbocycles. The van der Waals surface area contributed by atoms with Crippen LogP contribution in [0.2, 0.25) is 0 Å². The molecule has 1 aromatic carbocycles. The Bertz CT molecular complexity index is 739. The molecular weight excluding hydrogens is 326 g/mol. The van der Waals surface area contributed by atoms with Gasteiger partial charge in [0.25, 0.3) is 0 Å². The molecule has 1 aromatic heterocycles. The third-order valence-electron chi connectivity index (χ3n) is 5.33. The average Bonchev–Trinajstić information content (AvgIpc) is 3.07. The van der Waals surface area contributed by atoms with Crippen molar-refractivity contribution in [2.45, 2.75) is 57.5 Å². The quantitative estimate of drug-likeness (QED) is 0.835. The van der Waals surface area contributed by atoms with Gasteiger partial charge in [-0.25, -0.2) is 0 Å². The Morgan fingerprint density at radius 3 is 2.81 bits per heavy atom. The monoisotopic (exact) mass is 355 g/mol. The number of hydrogen-bond acceptors (Lipinski definition) is 3. The summed E-state index contributed by atoms with van der Waals surface area (Å²) in [4.78, 5) is 12.8. The van der Waals surface area contributed by atoms with Crippen molar-refractivity contribution in [3.63, 3.8) is 0 Å². The number of ether oxygens (including phenoxy) is 1. The molecule has 1 aliphatic rings. The SMILES string of the molecule is Cc1ccccc1[C@]1(CC(=O)NCCc2ccn[nH]2)CCOC(C)(C)C1. The van der Waals surface area contributed by atoms with Gasteiger partial charge >= 0.3 is 0 Å². The van der Waals surface area contributed by atoms with Crippen LogP contribution in [0.4, 0.5) is 0 Å². The van der Waals surface area contributed by atoms with Gasteiger partial charge in [0, 0.05) is 43.3 Å². The van der Waals surface area contributed by atoms with Crippen molar-refractivity contribution in [2.75, 3.05) is 13.2 Å². The lowest BCUT2D eigenvalue weighted by molar-refractivity contribution is -0.126.